The number of primary amides is 1. The number of nitrogens with zero attached hydrogens (tertiary/aromatic N) is 1. The van der Waals surface area contributed by atoms with E-state index in [-0.39, 0.29) is 12.3 Å². The van der Waals surface area contributed by atoms with Gasteiger partial charge in [0, 0.05) is 35.5 Å². The van der Waals surface area contributed by atoms with Gasteiger partial charge in [-0.3, -0.25) is 9.59 Å². The van der Waals surface area contributed by atoms with Crippen molar-refractivity contribution >= 4 is 23.4 Å². The van der Waals surface area contributed by atoms with Gasteiger partial charge < -0.3 is 20.1 Å². The van der Waals surface area contributed by atoms with Gasteiger partial charge in [-0.1, -0.05) is 17.7 Å². The molecular weight excluding hydrogens is 392 g/mol. The number of amides is 2. The van der Waals surface area contributed by atoms with Gasteiger partial charge in [0.2, 0.25) is 5.91 Å². The fourth-order valence-corrected chi connectivity index (χ4v) is 3.90. The third kappa shape index (κ3) is 5.41. The molecule has 1 atom stereocenters. The van der Waals surface area contributed by atoms with Gasteiger partial charge in [0.15, 0.2) is 0 Å². The lowest BCUT2D eigenvalue weighted by Gasteiger charge is -2.42. The summed E-state index contributed by atoms with van der Waals surface area (Å²) in [4.78, 5) is 26.6. The van der Waals surface area contributed by atoms with Crippen molar-refractivity contribution < 1.29 is 19.1 Å². The SMILES string of the molecule is COc1cccc(C(=O)N2CCCC(COc3ccc(Cl)cc3)(CC(N)=O)C2)c1. The minimum absolute atomic E-state index is 0.0936. The average Bonchev–Trinajstić information content (AvgIpc) is 2.72. The standard InChI is InChI=1S/C22H25ClN2O4/c1-28-19-5-2-4-16(12-19)21(27)25-11-3-10-22(14-25,13-20(24)26)15-29-18-8-6-17(23)7-9-18/h2,4-9,12H,3,10-11,13-15H2,1H3,(H2,24,26). The van der Waals surface area contributed by atoms with Gasteiger partial charge in [-0.15, -0.1) is 0 Å². The van der Waals surface area contributed by atoms with Crippen LogP contribution in [-0.2, 0) is 4.79 Å². The molecule has 1 unspecified atom stereocenters. The van der Waals surface area contributed by atoms with Crippen molar-refractivity contribution in [2.24, 2.45) is 11.1 Å². The maximum absolute atomic E-state index is 13.1. The highest BCUT2D eigenvalue weighted by Gasteiger charge is 2.39. The Hall–Kier alpha value is -2.73. The van der Waals surface area contributed by atoms with Crippen LogP contribution < -0.4 is 15.2 Å². The number of nitrogens with two attached hydrogens (primary N) is 1. The van der Waals surface area contributed by atoms with Crippen molar-refractivity contribution in [3.05, 3.63) is 59.1 Å². The first-order valence-electron chi connectivity index (χ1n) is 9.51. The Morgan fingerprint density at radius 1 is 1.17 bits per heavy atom. The Kier molecular flexibility index (Phi) is 6.64. The van der Waals surface area contributed by atoms with Crippen molar-refractivity contribution in [1.82, 2.24) is 4.90 Å². The summed E-state index contributed by atoms with van der Waals surface area (Å²) in [5.74, 6) is 0.793. The lowest BCUT2D eigenvalue weighted by Crippen LogP contribution is -2.50. The van der Waals surface area contributed by atoms with Crippen LogP contribution in [0.4, 0.5) is 0 Å². The molecule has 29 heavy (non-hydrogen) atoms. The summed E-state index contributed by atoms with van der Waals surface area (Å²) in [6.07, 6.45) is 1.68. The van der Waals surface area contributed by atoms with E-state index in [0.29, 0.717) is 41.8 Å². The van der Waals surface area contributed by atoms with Gasteiger partial charge >= 0.3 is 0 Å². The summed E-state index contributed by atoms with van der Waals surface area (Å²) in [6, 6.07) is 14.1. The minimum Gasteiger partial charge on any atom is -0.497 e. The lowest BCUT2D eigenvalue weighted by atomic mass is 9.77. The summed E-state index contributed by atoms with van der Waals surface area (Å²) in [7, 11) is 1.57. The highest BCUT2D eigenvalue weighted by molar-refractivity contribution is 6.30. The molecule has 1 saturated heterocycles. The maximum atomic E-state index is 13.1. The number of carbonyl (C=O) groups excluding carboxylic acids is 2. The summed E-state index contributed by atoms with van der Waals surface area (Å²) in [5, 5.41) is 0.622. The van der Waals surface area contributed by atoms with Crippen molar-refractivity contribution in [2.45, 2.75) is 19.3 Å². The van der Waals surface area contributed by atoms with E-state index in [0.717, 1.165) is 12.8 Å². The van der Waals surface area contributed by atoms with E-state index in [9.17, 15) is 9.59 Å². The molecule has 1 aliphatic heterocycles. The molecule has 0 spiro atoms. The number of hydrogen-bond acceptors (Lipinski definition) is 4. The number of benzene rings is 2. The number of ether oxygens (including phenoxy) is 2. The molecule has 0 radical (unpaired) electrons. The van der Waals surface area contributed by atoms with Crippen molar-refractivity contribution in [2.75, 3.05) is 26.8 Å². The van der Waals surface area contributed by atoms with Crippen LogP contribution in [0.5, 0.6) is 11.5 Å². The number of carbonyl (C=O) groups is 2. The number of rotatable bonds is 7. The molecule has 1 heterocycles. The molecule has 6 nitrogen and oxygen atoms in total. The quantitative estimate of drug-likeness (QED) is 0.748. The van der Waals surface area contributed by atoms with Gasteiger partial charge in [0.1, 0.15) is 11.5 Å². The number of hydrogen-bond donors (Lipinski definition) is 1. The smallest absolute Gasteiger partial charge is 0.254 e. The molecule has 2 aromatic carbocycles. The van der Waals surface area contributed by atoms with Crippen LogP contribution >= 0.6 is 11.6 Å². The van der Waals surface area contributed by atoms with Crippen LogP contribution in [0, 0.1) is 5.41 Å². The molecular formula is C22H25ClN2O4. The molecule has 0 bridgehead atoms. The van der Waals surface area contributed by atoms with Crippen LogP contribution in [0.25, 0.3) is 0 Å². The van der Waals surface area contributed by atoms with E-state index in [1.165, 1.54) is 0 Å². The minimum atomic E-state index is -0.530. The maximum Gasteiger partial charge on any atom is 0.254 e. The van der Waals surface area contributed by atoms with E-state index in [1.807, 2.05) is 0 Å². The molecule has 7 heteroatoms. The Labute approximate surface area is 175 Å². The largest absolute Gasteiger partial charge is 0.497 e. The molecule has 0 saturated carbocycles. The fraction of sp³-hybridized carbons (Fsp3) is 0.364. The number of piperidine rings is 1. The first-order valence-corrected chi connectivity index (χ1v) is 9.89. The van der Waals surface area contributed by atoms with Gasteiger partial charge in [0.05, 0.1) is 13.7 Å². The third-order valence-electron chi connectivity index (χ3n) is 5.17. The Morgan fingerprint density at radius 3 is 2.62 bits per heavy atom. The Morgan fingerprint density at radius 2 is 1.93 bits per heavy atom. The second kappa shape index (κ2) is 9.18. The van der Waals surface area contributed by atoms with E-state index in [1.54, 1.807) is 60.5 Å². The normalized spacial score (nSPS) is 18.9. The van der Waals surface area contributed by atoms with Gasteiger partial charge in [-0.05, 0) is 55.3 Å². The predicted octanol–water partition coefficient (Wildman–Crippen LogP) is 3.53. The van der Waals surface area contributed by atoms with Crippen molar-refractivity contribution in [3.63, 3.8) is 0 Å². The molecule has 0 aromatic heterocycles. The zero-order chi connectivity index (χ0) is 20.9. The summed E-state index contributed by atoms with van der Waals surface area (Å²) < 4.78 is 11.2. The number of halogens is 1. The molecule has 154 valence electrons. The summed E-state index contributed by atoms with van der Waals surface area (Å²) in [6.45, 7) is 1.32. The van der Waals surface area contributed by atoms with Gasteiger partial charge in [0.25, 0.3) is 5.91 Å². The topological polar surface area (TPSA) is 81.9 Å². The molecule has 1 aliphatic rings. The first kappa shape index (κ1) is 21.0. The van der Waals surface area contributed by atoms with Crippen molar-refractivity contribution in [3.8, 4) is 11.5 Å². The fourth-order valence-electron chi connectivity index (χ4n) is 3.77. The predicted molar refractivity (Wildman–Crippen MR) is 111 cm³/mol. The summed E-state index contributed by atoms with van der Waals surface area (Å²) in [5.41, 5.74) is 5.56. The molecule has 1 fully saturated rings. The van der Waals surface area contributed by atoms with E-state index in [4.69, 9.17) is 26.8 Å². The lowest BCUT2D eigenvalue weighted by molar-refractivity contribution is -0.122. The first-order chi connectivity index (χ1) is 13.9. The van der Waals surface area contributed by atoms with Gasteiger partial charge in [-0.25, -0.2) is 0 Å². The number of likely N-dealkylation sites (tertiary alicyclic amines) is 1. The third-order valence-corrected chi connectivity index (χ3v) is 5.43. The van der Waals surface area contributed by atoms with Crippen molar-refractivity contribution in [1.29, 1.82) is 0 Å². The molecule has 2 aromatic rings. The second-order valence-corrected chi connectivity index (χ2v) is 7.88. The average molecular weight is 417 g/mol. The van der Waals surface area contributed by atoms with Gasteiger partial charge in [-0.2, -0.15) is 0 Å². The second-order valence-electron chi connectivity index (χ2n) is 7.45. The zero-order valence-electron chi connectivity index (χ0n) is 16.4. The molecule has 3 rings (SSSR count). The van der Waals surface area contributed by atoms with Crippen LogP contribution in [0.1, 0.15) is 29.6 Å². The van der Waals surface area contributed by atoms with Crippen LogP contribution in [0.3, 0.4) is 0 Å². The zero-order valence-corrected chi connectivity index (χ0v) is 17.2. The molecule has 2 N–H and O–H groups in total. The van der Waals surface area contributed by atoms with Crippen LogP contribution in [0.2, 0.25) is 5.02 Å². The molecule has 2 amide bonds. The van der Waals surface area contributed by atoms with E-state index in [2.05, 4.69) is 0 Å². The number of methoxy groups -OCH3 is 1. The van der Waals surface area contributed by atoms with E-state index < -0.39 is 11.3 Å². The monoisotopic (exact) mass is 416 g/mol. The molecule has 0 aliphatic carbocycles. The Balaban J connectivity index is 1.76. The summed E-state index contributed by atoms with van der Waals surface area (Å²) >= 11 is 5.92. The van der Waals surface area contributed by atoms with Crippen LogP contribution in [-0.4, -0.2) is 43.5 Å². The Bertz CT molecular complexity index is 871. The van der Waals surface area contributed by atoms with E-state index >= 15 is 0 Å². The highest BCUT2D eigenvalue weighted by atomic mass is 35.5. The van der Waals surface area contributed by atoms with Crippen LogP contribution in [0.15, 0.2) is 48.5 Å². The highest BCUT2D eigenvalue weighted by Crippen LogP contribution is 2.35.